The molecule has 0 atom stereocenters. The lowest BCUT2D eigenvalue weighted by molar-refractivity contribution is -0.117. The molecule has 5 rings (SSSR count). The van der Waals surface area contributed by atoms with Crippen LogP contribution < -0.4 is 10.2 Å². The number of aryl methyl sites for hydroxylation is 1. The lowest BCUT2D eigenvalue weighted by Crippen LogP contribution is -2.49. The third kappa shape index (κ3) is 4.61. The van der Waals surface area contributed by atoms with Crippen molar-refractivity contribution in [3.8, 4) is 10.6 Å². The molecule has 0 saturated carbocycles. The van der Waals surface area contributed by atoms with Crippen molar-refractivity contribution in [2.45, 2.75) is 6.92 Å². The Hall–Kier alpha value is -3.36. The first kappa shape index (κ1) is 20.5. The molecule has 2 aromatic heterocycles. The van der Waals surface area contributed by atoms with Gasteiger partial charge in [0.25, 0.3) is 0 Å². The van der Waals surface area contributed by atoms with Crippen LogP contribution in [0.25, 0.3) is 20.8 Å². The summed E-state index contributed by atoms with van der Waals surface area (Å²) in [4.78, 5) is 30.2. The fourth-order valence-corrected chi connectivity index (χ4v) is 4.88. The van der Waals surface area contributed by atoms with Crippen molar-refractivity contribution in [2.24, 2.45) is 0 Å². The number of carbonyl (C=O) groups excluding carboxylic acids is 1. The highest BCUT2D eigenvalue weighted by Crippen LogP contribution is 2.31. The number of nitrogens with zero attached hydrogens (tertiary/aromatic N) is 5. The van der Waals surface area contributed by atoms with Gasteiger partial charge >= 0.3 is 0 Å². The zero-order valence-corrected chi connectivity index (χ0v) is 18.7. The molecular weight excluding hydrogens is 420 g/mol. The molecule has 0 radical (unpaired) electrons. The van der Waals surface area contributed by atoms with E-state index in [0.29, 0.717) is 6.54 Å². The molecule has 0 bridgehead atoms. The van der Waals surface area contributed by atoms with Crippen LogP contribution in [0.4, 0.5) is 11.6 Å². The average molecular weight is 445 g/mol. The SMILES string of the molecule is Cc1ccc2nc(-c3ccc(NC(=O)CN4CCN(c5ncccn5)CC4)cc3)sc2c1. The van der Waals surface area contributed by atoms with Crippen LogP contribution in [-0.4, -0.2) is 58.5 Å². The lowest BCUT2D eigenvalue weighted by atomic mass is 10.2. The topological polar surface area (TPSA) is 74.2 Å². The summed E-state index contributed by atoms with van der Waals surface area (Å²) in [5, 5.41) is 4.00. The van der Waals surface area contributed by atoms with Crippen molar-refractivity contribution in [2.75, 3.05) is 42.9 Å². The summed E-state index contributed by atoms with van der Waals surface area (Å²) in [7, 11) is 0. The van der Waals surface area contributed by atoms with Gasteiger partial charge in [-0.1, -0.05) is 6.07 Å². The predicted molar refractivity (Wildman–Crippen MR) is 129 cm³/mol. The standard InChI is InChI=1S/C24H24N6OS/c1-17-3-8-20-21(15-17)32-23(28-20)18-4-6-19(7-5-18)27-22(31)16-29-11-13-30(14-12-29)24-25-9-2-10-26-24/h2-10,15H,11-14,16H2,1H3,(H,27,31). The number of hydrogen-bond donors (Lipinski definition) is 1. The molecule has 0 aliphatic carbocycles. The van der Waals surface area contributed by atoms with Crippen LogP contribution in [0, 0.1) is 6.92 Å². The predicted octanol–water partition coefficient (Wildman–Crippen LogP) is 3.82. The van der Waals surface area contributed by atoms with Gasteiger partial charge in [-0.2, -0.15) is 0 Å². The smallest absolute Gasteiger partial charge is 0.238 e. The van der Waals surface area contributed by atoms with Crippen molar-refractivity contribution < 1.29 is 4.79 Å². The highest BCUT2D eigenvalue weighted by atomic mass is 32.1. The van der Waals surface area contributed by atoms with Gasteiger partial charge < -0.3 is 10.2 Å². The van der Waals surface area contributed by atoms with Gasteiger partial charge in [-0.25, -0.2) is 15.0 Å². The Balaban J connectivity index is 1.15. The number of nitrogens with one attached hydrogen (secondary N) is 1. The largest absolute Gasteiger partial charge is 0.338 e. The molecule has 32 heavy (non-hydrogen) atoms. The first-order valence-electron chi connectivity index (χ1n) is 10.7. The van der Waals surface area contributed by atoms with E-state index < -0.39 is 0 Å². The van der Waals surface area contributed by atoms with Gasteiger partial charge in [-0.05, 0) is 55.0 Å². The highest BCUT2D eigenvalue weighted by Gasteiger charge is 2.20. The molecular formula is C24H24N6OS. The first-order chi connectivity index (χ1) is 15.6. The fourth-order valence-electron chi connectivity index (χ4n) is 3.82. The van der Waals surface area contributed by atoms with Crippen LogP contribution in [0.1, 0.15) is 5.56 Å². The minimum Gasteiger partial charge on any atom is -0.338 e. The van der Waals surface area contributed by atoms with Crippen molar-refractivity contribution >= 4 is 39.1 Å². The van der Waals surface area contributed by atoms with Crippen LogP contribution in [0.5, 0.6) is 0 Å². The summed E-state index contributed by atoms with van der Waals surface area (Å²) >= 11 is 1.69. The van der Waals surface area contributed by atoms with Crippen LogP contribution >= 0.6 is 11.3 Å². The number of anilines is 2. The lowest BCUT2D eigenvalue weighted by Gasteiger charge is -2.34. The van der Waals surface area contributed by atoms with Crippen LogP contribution in [-0.2, 0) is 4.79 Å². The Morgan fingerprint density at radius 3 is 2.53 bits per heavy atom. The number of carbonyl (C=O) groups is 1. The van der Waals surface area contributed by atoms with E-state index >= 15 is 0 Å². The third-order valence-electron chi connectivity index (χ3n) is 5.53. The van der Waals surface area contributed by atoms with E-state index in [-0.39, 0.29) is 5.91 Å². The molecule has 3 heterocycles. The van der Waals surface area contributed by atoms with Gasteiger partial charge in [0.1, 0.15) is 5.01 Å². The molecule has 1 aliphatic rings. The van der Waals surface area contributed by atoms with E-state index in [0.717, 1.165) is 53.9 Å². The van der Waals surface area contributed by atoms with Crippen molar-refractivity contribution in [1.82, 2.24) is 19.9 Å². The van der Waals surface area contributed by atoms with Crippen molar-refractivity contribution in [3.05, 3.63) is 66.5 Å². The maximum absolute atomic E-state index is 12.5. The molecule has 1 fully saturated rings. The van der Waals surface area contributed by atoms with Crippen LogP contribution in [0.15, 0.2) is 60.9 Å². The Kier molecular flexibility index (Phi) is 5.79. The molecule has 1 amide bonds. The Morgan fingerprint density at radius 1 is 1.03 bits per heavy atom. The Morgan fingerprint density at radius 2 is 1.78 bits per heavy atom. The monoisotopic (exact) mass is 444 g/mol. The number of fused-ring (bicyclic) bond motifs is 1. The maximum Gasteiger partial charge on any atom is 0.238 e. The summed E-state index contributed by atoms with van der Waals surface area (Å²) in [5.74, 6) is 0.748. The minimum absolute atomic E-state index is 0.00220. The number of amides is 1. The second-order valence-electron chi connectivity index (χ2n) is 7.93. The Bertz CT molecular complexity index is 1220. The zero-order valence-electron chi connectivity index (χ0n) is 17.9. The normalized spacial score (nSPS) is 14.6. The van der Waals surface area contributed by atoms with Gasteiger partial charge in [-0.15, -0.1) is 11.3 Å². The van der Waals surface area contributed by atoms with Gasteiger partial charge in [-0.3, -0.25) is 9.69 Å². The minimum atomic E-state index is -0.00220. The molecule has 162 valence electrons. The van der Waals surface area contributed by atoms with Crippen LogP contribution in [0.3, 0.4) is 0 Å². The summed E-state index contributed by atoms with van der Waals surface area (Å²) in [6.07, 6.45) is 3.51. The molecule has 1 saturated heterocycles. The molecule has 2 aromatic carbocycles. The highest BCUT2D eigenvalue weighted by molar-refractivity contribution is 7.21. The molecule has 4 aromatic rings. The number of aromatic nitrogens is 3. The second kappa shape index (κ2) is 9.02. The van der Waals surface area contributed by atoms with E-state index in [9.17, 15) is 4.79 Å². The molecule has 8 heteroatoms. The van der Waals surface area contributed by atoms with E-state index in [4.69, 9.17) is 4.98 Å². The van der Waals surface area contributed by atoms with Crippen LogP contribution in [0.2, 0.25) is 0 Å². The molecule has 1 aliphatic heterocycles. The molecule has 0 spiro atoms. The first-order valence-corrected chi connectivity index (χ1v) is 11.5. The van der Waals surface area contributed by atoms with Gasteiger partial charge in [0.15, 0.2) is 0 Å². The number of rotatable bonds is 5. The van der Waals surface area contributed by atoms with E-state index in [1.165, 1.54) is 10.3 Å². The quantitative estimate of drug-likeness (QED) is 0.504. The summed E-state index contributed by atoms with van der Waals surface area (Å²) in [6.45, 7) is 5.71. The van der Waals surface area contributed by atoms with Gasteiger partial charge in [0, 0.05) is 49.8 Å². The molecule has 1 N–H and O–H groups in total. The van der Waals surface area contributed by atoms with Crippen molar-refractivity contribution in [1.29, 1.82) is 0 Å². The molecule has 7 nitrogen and oxygen atoms in total. The maximum atomic E-state index is 12.5. The summed E-state index contributed by atoms with van der Waals surface area (Å²) in [6, 6.07) is 16.0. The summed E-state index contributed by atoms with van der Waals surface area (Å²) < 4.78 is 1.19. The van der Waals surface area contributed by atoms with E-state index in [1.807, 2.05) is 30.3 Å². The van der Waals surface area contributed by atoms with Gasteiger partial charge in [0.05, 0.1) is 16.8 Å². The van der Waals surface area contributed by atoms with E-state index in [2.05, 4.69) is 50.2 Å². The Labute approximate surface area is 190 Å². The molecule has 0 unspecified atom stereocenters. The second-order valence-corrected chi connectivity index (χ2v) is 8.96. The zero-order chi connectivity index (χ0) is 21.9. The number of thiazole rings is 1. The number of hydrogen-bond acceptors (Lipinski definition) is 7. The van der Waals surface area contributed by atoms with Gasteiger partial charge in [0.2, 0.25) is 11.9 Å². The number of piperazine rings is 1. The fraction of sp³-hybridized carbons (Fsp3) is 0.250. The third-order valence-corrected chi connectivity index (χ3v) is 6.60. The average Bonchev–Trinajstić information content (AvgIpc) is 3.24. The summed E-state index contributed by atoms with van der Waals surface area (Å²) in [5.41, 5.74) is 4.11. The van der Waals surface area contributed by atoms with Crippen molar-refractivity contribution in [3.63, 3.8) is 0 Å². The number of benzene rings is 2. The van der Waals surface area contributed by atoms with E-state index in [1.54, 1.807) is 23.7 Å².